The lowest BCUT2D eigenvalue weighted by atomic mass is 10.3. The lowest BCUT2D eigenvalue weighted by Crippen LogP contribution is -2.36. The normalized spacial score (nSPS) is 12.0. The Bertz CT molecular complexity index is 1030. The molecule has 0 aliphatic rings. The molecular formula is C18H19F3N4O2S2. The van der Waals surface area contributed by atoms with E-state index in [0.717, 1.165) is 16.3 Å². The van der Waals surface area contributed by atoms with Crippen LogP contribution in [0, 0.1) is 13.8 Å². The molecule has 0 saturated carbocycles. The zero-order chi connectivity index (χ0) is 21.3. The minimum atomic E-state index is -4.77. The number of nitrogens with zero attached hydrogens (tertiary/aromatic N) is 4. The summed E-state index contributed by atoms with van der Waals surface area (Å²) in [6.45, 7) is 4.59. The van der Waals surface area contributed by atoms with Gasteiger partial charge in [-0.25, -0.2) is 9.97 Å². The number of ether oxygens (including phenoxy) is 1. The van der Waals surface area contributed by atoms with Crippen molar-refractivity contribution in [3.05, 3.63) is 33.8 Å². The molecule has 1 amide bonds. The molecule has 2 aromatic heterocycles. The molecule has 0 saturated heterocycles. The van der Waals surface area contributed by atoms with Crippen LogP contribution in [0.5, 0.6) is 5.75 Å². The van der Waals surface area contributed by atoms with E-state index in [1.54, 1.807) is 11.8 Å². The predicted octanol–water partition coefficient (Wildman–Crippen LogP) is 4.48. The molecule has 0 atom stereocenters. The number of benzene rings is 1. The Morgan fingerprint density at radius 2 is 1.86 bits per heavy atom. The smallest absolute Gasteiger partial charge is 0.406 e. The van der Waals surface area contributed by atoms with Crippen molar-refractivity contribution < 1.29 is 22.7 Å². The number of aromatic nitrogens is 2. The van der Waals surface area contributed by atoms with Crippen molar-refractivity contribution in [1.82, 2.24) is 14.9 Å². The number of fused-ring (bicyclic) bond motifs is 1. The highest BCUT2D eigenvalue weighted by atomic mass is 32.1. The van der Waals surface area contributed by atoms with Crippen molar-refractivity contribution in [2.45, 2.75) is 20.2 Å². The van der Waals surface area contributed by atoms with Crippen molar-refractivity contribution in [2.75, 3.05) is 32.1 Å². The first kappa shape index (κ1) is 21.5. The van der Waals surface area contributed by atoms with E-state index >= 15 is 0 Å². The van der Waals surface area contributed by atoms with Gasteiger partial charge in [0.05, 0.1) is 20.9 Å². The molecule has 29 heavy (non-hydrogen) atoms. The van der Waals surface area contributed by atoms with Crippen molar-refractivity contribution >= 4 is 43.9 Å². The van der Waals surface area contributed by atoms with Crippen LogP contribution in [-0.4, -0.2) is 54.3 Å². The molecule has 0 N–H and O–H groups in total. The minimum absolute atomic E-state index is 0.222. The SMILES string of the molecule is Cc1nc(C)c(C(=O)N(CCN(C)C)c2nc3ccc(OC(F)(F)F)cc3s2)s1. The summed E-state index contributed by atoms with van der Waals surface area (Å²) in [6, 6.07) is 3.94. The van der Waals surface area contributed by atoms with Gasteiger partial charge in [-0.05, 0) is 40.1 Å². The van der Waals surface area contributed by atoms with Crippen molar-refractivity contribution in [1.29, 1.82) is 0 Å². The van der Waals surface area contributed by atoms with E-state index in [4.69, 9.17) is 0 Å². The summed E-state index contributed by atoms with van der Waals surface area (Å²) < 4.78 is 41.9. The Morgan fingerprint density at radius 3 is 2.45 bits per heavy atom. The topological polar surface area (TPSA) is 58.6 Å². The molecule has 0 bridgehead atoms. The van der Waals surface area contributed by atoms with Gasteiger partial charge in [0.1, 0.15) is 10.6 Å². The number of hydrogen-bond acceptors (Lipinski definition) is 7. The fourth-order valence-corrected chi connectivity index (χ4v) is 4.53. The summed E-state index contributed by atoms with van der Waals surface area (Å²) in [5.74, 6) is -0.541. The van der Waals surface area contributed by atoms with Gasteiger partial charge in [0, 0.05) is 19.2 Å². The first-order chi connectivity index (χ1) is 13.5. The number of aryl methyl sites for hydroxylation is 2. The van der Waals surface area contributed by atoms with E-state index in [2.05, 4.69) is 14.7 Å². The Morgan fingerprint density at radius 1 is 1.14 bits per heavy atom. The van der Waals surface area contributed by atoms with Gasteiger partial charge in [-0.3, -0.25) is 9.69 Å². The maximum Gasteiger partial charge on any atom is 0.573 e. The monoisotopic (exact) mass is 444 g/mol. The first-order valence-electron chi connectivity index (χ1n) is 8.60. The summed E-state index contributed by atoms with van der Waals surface area (Å²) >= 11 is 2.46. The quantitative estimate of drug-likeness (QED) is 0.561. The molecule has 156 valence electrons. The third-order valence-electron chi connectivity index (χ3n) is 3.93. The van der Waals surface area contributed by atoms with Crippen LogP contribution in [0.1, 0.15) is 20.4 Å². The Balaban J connectivity index is 1.97. The number of likely N-dealkylation sites (N-methyl/N-ethyl adjacent to an activating group) is 1. The summed E-state index contributed by atoms with van der Waals surface area (Å²) in [6.07, 6.45) is -4.77. The highest BCUT2D eigenvalue weighted by Gasteiger charge is 2.31. The molecule has 0 spiro atoms. The van der Waals surface area contributed by atoms with Crippen LogP contribution in [0.4, 0.5) is 18.3 Å². The standard InChI is InChI=1S/C18H19F3N4O2S2/c1-10-15(28-11(2)22-10)16(26)25(8-7-24(3)4)17-23-13-6-5-12(9-14(13)29-17)27-18(19,20)21/h5-6,9H,7-8H2,1-4H3. The second-order valence-electron chi connectivity index (χ2n) is 6.58. The molecule has 0 radical (unpaired) electrons. The van der Waals surface area contributed by atoms with Gasteiger partial charge in [0.15, 0.2) is 5.13 Å². The van der Waals surface area contributed by atoms with Crippen LogP contribution in [0.2, 0.25) is 0 Å². The number of alkyl halides is 3. The van der Waals surface area contributed by atoms with Crippen LogP contribution in [0.3, 0.4) is 0 Å². The van der Waals surface area contributed by atoms with E-state index in [-0.39, 0.29) is 11.7 Å². The first-order valence-corrected chi connectivity index (χ1v) is 10.2. The van der Waals surface area contributed by atoms with Gasteiger partial charge >= 0.3 is 6.36 Å². The van der Waals surface area contributed by atoms with Gasteiger partial charge in [-0.15, -0.1) is 24.5 Å². The zero-order valence-electron chi connectivity index (χ0n) is 16.2. The molecule has 11 heteroatoms. The minimum Gasteiger partial charge on any atom is -0.406 e. The number of amides is 1. The van der Waals surface area contributed by atoms with Gasteiger partial charge in [-0.1, -0.05) is 11.3 Å². The van der Waals surface area contributed by atoms with Crippen LogP contribution >= 0.6 is 22.7 Å². The van der Waals surface area contributed by atoms with E-state index < -0.39 is 6.36 Å². The third-order valence-corrected chi connectivity index (χ3v) is 6.03. The number of hydrogen-bond donors (Lipinski definition) is 0. The molecule has 1 aromatic carbocycles. The molecule has 0 aliphatic carbocycles. The number of thiazole rings is 2. The van der Waals surface area contributed by atoms with Crippen LogP contribution in [0.15, 0.2) is 18.2 Å². The zero-order valence-corrected chi connectivity index (χ0v) is 17.8. The highest BCUT2D eigenvalue weighted by molar-refractivity contribution is 7.22. The second kappa shape index (κ2) is 8.25. The molecule has 0 fully saturated rings. The molecule has 2 heterocycles. The van der Waals surface area contributed by atoms with Gasteiger partial charge in [-0.2, -0.15) is 0 Å². The molecule has 0 unspecified atom stereocenters. The average Bonchev–Trinajstić information content (AvgIpc) is 3.15. The summed E-state index contributed by atoms with van der Waals surface area (Å²) in [4.78, 5) is 26.0. The van der Waals surface area contributed by atoms with E-state index in [0.29, 0.717) is 39.0 Å². The van der Waals surface area contributed by atoms with Crippen molar-refractivity contribution in [3.8, 4) is 5.75 Å². The van der Waals surface area contributed by atoms with Crippen molar-refractivity contribution in [2.24, 2.45) is 0 Å². The molecule has 6 nitrogen and oxygen atoms in total. The lowest BCUT2D eigenvalue weighted by Gasteiger charge is -2.21. The molecule has 0 aliphatic heterocycles. The third kappa shape index (κ3) is 5.22. The Kier molecular flexibility index (Phi) is 6.11. The van der Waals surface area contributed by atoms with E-state index in [1.165, 1.54) is 29.5 Å². The number of carbonyl (C=O) groups is 1. The van der Waals surface area contributed by atoms with Crippen LogP contribution in [0.25, 0.3) is 10.2 Å². The summed E-state index contributed by atoms with van der Waals surface area (Å²) in [7, 11) is 3.79. The Hall–Kier alpha value is -2.24. The molecular weight excluding hydrogens is 425 g/mol. The van der Waals surface area contributed by atoms with Gasteiger partial charge < -0.3 is 9.64 Å². The largest absolute Gasteiger partial charge is 0.573 e. The maximum absolute atomic E-state index is 13.2. The van der Waals surface area contributed by atoms with Crippen LogP contribution < -0.4 is 9.64 Å². The van der Waals surface area contributed by atoms with Crippen molar-refractivity contribution in [3.63, 3.8) is 0 Å². The molecule has 3 aromatic rings. The van der Waals surface area contributed by atoms with E-state index in [9.17, 15) is 18.0 Å². The number of rotatable bonds is 6. The number of carbonyl (C=O) groups excluding carboxylic acids is 1. The average molecular weight is 445 g/mol. The predicted molar refractivity (Wildman–Crippen MR) is 108 cm³/mol. The lowest BCUT2D eigenvalue weighted by molar-refractivity contribution is -0.274. The van der Waals surface area contributed by atoms with Crippen LogP contribution in [-0.2, 0) is 0 Å². The fourth-order valence-electron chi connectivity index (χ4n) is 2.64. The van der Waals surface area contributed by atoms with Gasteiger partial charge in [0.2, 0.25) is 0 Å². The highest BCUT2D eigenvalue weighted by Crippen LogP contribution is 2.34. The van der Waals surface area contributed by atoms with Gasteiger partial charge in [0.25, 0.3) is 5.91 Å². The summed E-state index contributed by atoms with van der Waals surface area (Å²) in [5, 5.41) is 1.21. The van der Waals surface area contributed by atoms with E-state index in [1.807, 2.05) is 25.9 Å². The Labute approximate surface area is 173 Å². The summed E-state index contributed by atoms with van der Waals surface area (Å²) in [5.41, 5.74) is 1.15. The number of anilines is 1. The fraction of sp³-hybridized carbons (Fsp3) is 0.389. The second-order valence-corrected chi connectivity index (χ2v) is 8.79. The molecule has 3 rings (SSSR count). The number of halogens is 3. The maximum atomic E-state index is 13.2.